The lowest BCUT2D eigenvalue weighted by molar-refractivity contribution is 0.0694. The Morgan fingerprint density at radius 2 is 1.83 bits per heavy atom. The molecule has 0 radical (unpaired) electrons. The van der Waals surface area contributed by atoms with Crippen molar-refractivity contribution >= 4 is 17.9 Å². The number of hydrogen-bond acceptors (Lipinski definition) is 5. The molecule has 1 N–H and O–H groups in total. The summed E-state index contributed by atoms with van der Waals surface area (Å²) < 4.78 is 6.02. The molecule has 6 nitrogen and oxygen atoms in total. The van der Waals surface area contributed by atoms with E-state index < -0.39 is 5.97 Å². The third-order valence-corrected chi connectivity index (χ3v) is 6.84. The molecule has 4 aromatic rings. The zero-order chi connectivity index (χ0) is 24.5. The van der Waals surface area contributed by atoms with E-state index in [2.05, 4.69) is 34.1 Å². The minimum absolute atomic E-state index is 0.0992. The number of benzene rings is 2. The van der Waals surface area contributed by atoms with Crippen molar-refractivity contribution in [1.82, 2.24) is 9.97 Å². The quantitative estimate of drug-likeness (QED) is 0.341. The van der Waals surface area contributed by atoms with Gasteiger partial charge in [-0.2, -0.15) is 0 Å². The first-order chi connectivity index (χ1) is 17.7. The molecule has 6 rings (SSSR count). The lowest BCUT2D eigenvalue weighted by atomic mass is 10.0. The van der Waals surface area contributed by atoms with E-state index in [-0.39, 0.29) is 11.3 Å². The molecule has 1 unspecified atom stereocenters. The fourth-order valence-corrected chi connectivity index (χ4v) is 5.04. The highest BCUT2D eigenvalue weighted by atomic mass is 16.5. The number of allylic oxidation sites excluding steroid dienone is 1. The van der Waals surface area contributed by atoms with Gasteiger partial charge in [-0.25, -0.2) is 9.78 Å². The number of fused-ring (bicyclic) bond motifs is 1. The Labute approximate surface area is 209 Å². The fraction of sp³-hybridized carbons (Fsp3) is 0.167. The minimum atomic E-state index is -1.04. The molecule has 0 amide bonds. The summed E-state index contributed by atoms with van der Waals surface area (Å²) in [7, 11) is 0. The Morgan fingerprint density at radius 1 is 0.972 bits per heavy atom. The summed E-state index contributed by atoms with van der Waals surface area (Å²) in [5.41, 5.74) is 5.13. The molecule has 178 valence electrons. The van der Waals surface area contributed by atoms with Crippen LogP contribution in [0.5, 0.6) is 11.5 Å². The maximum atomic E-state index is 11.9. The number of carbonyl (C=O) groups is 1. The SMILES string of the molecule is O=C(O)c1ccc(-c2ccc(N3CCCC3c3ccccc3)nc2)cc1Oc1cnc2c(c1)C=CC2. The first kappa shape index (κ1) is 22.0. The van der Waals surface area contributed by atoms with Crippen LogP contribution in [0, 0.1) is 0 Å². The van der Waals surface area contributed by atoms with Gasteiger partial charge in [0.05, 0.1) is 17.9 Å². The summed E-state index contributed by atoms with van der Waals surface area (Å²) >= 11 is 0. The third-order valence-electron chi connectivity index (χ3n) is 6.84. The van der Waals surface area contributed by atoms with Crippen molar-refractivity contribution in [3.05, 3.63) is 108 Å². The van der Waals surface area contributed by atoms with Gasteiger partial charge in [0.1, 0.15) is 22.9 Å². The first-order valence-electron chi connectivity index (χ1n) is 12.1. The second-order valence-electron chi connectivity index (χ2n) is 9.10. The van der Waals surface area contributed by atoms with Crippen LogP contribution in [0.1, 0.15) is 46.1 Å². The number of aromatic carboxylic acids is 1. The van der Waals surface area contributed by atoms with E-state index >= 15 is 0 Å². The van der Waals surface area contributed by atoms with Crippen LogP contribution in [-0.2, 0) is 6.42 Å². The number of carboxylic acid groups (broad SMARTS) is 1. The maximum Gasteiger partial charge on any atom is 0.339 e. The van der Waals surface area contributed by atoms with Crippen molar-refractivity contribution in [2.45, 2.75) is 25.3 Å². The van der Waals surface area contributed by atoms with Gasteiger partial charge in [0.25, 0.3) is 0 Å². The second kappa shape index (κ2) is 9.30. The van der Waals surface area contributed by atoms with Crippen LogP contribution in [0.4, 0.5) is 5.82 Å². The Balaban J connectivity index is 1.27. The molecule has 6 heteroatoms. The van der Waals surface area contributed by atoms with Crippen molar-refractivity contribution in [2.75, 3.05) is 11.4 Å². The van der Waals surface area contributed by atoms with Gasteiger partial charge < -0.3 is 14.7 Å². The summed E-state index contributed by atoms with van der Waals surface area (Å²) in [6.45, 7) is 0.973. The van der Waals surface area contributed by atoms with Gasteiger partial charge in [0.15, 0.2) is 0 Å². The summed E-state index contributed by atoms with van der Waals surface area (Å²) in [6, 6.07) is 22.0. The van der Waals surface area contributed by atoms with E-state index in [4.69, 9.17) is 9.72 Å². The fourth-order valence-electron chi connectivity index (χ4n) is 5.04. The van der Waals surface area contributed by atoms with Crippen molar-refractivity contribution < 1.29 is 14.6 Å². The van der Waals surface area contributed by atoms with E-state index in [9.17, 15) is 9.90 Å². The van der Waals surface area contributed by atoms with Crippen molar-refractivity contribution in [3.8, 4) is 22.6 Å². The van der Waals surface area contributed by atoms with Crippen LogP contribution < -0.4 is 9.64 Å². The van der Waals surface area contributed by atoms with Crippen LogP contribution in [0.2, 0.25) is 0 Å². The normalized spacial score (nSPS) is 16.2. The predicted molar refractivity (Wildman–Crippen MR) is 139 cm³/mol. The standard InChI is InChI=1S/C30H25N3O3/c34-30(35)25-13-11-21(17-28(25)36-24-16-22-8-4-9-26(22)31-19-24)23-12-14-29(32-18-23)33-15-5-10-27(33)20-6-2-1-3-7-20/h1-4,6-8,11-14,16-19,27H,5,9-10,15H2,(H,34,35). The first-order valence-corrected chi connectivity index (χ1v) is 12.1. The minimum Gasteiger partial charge on any atom is -0.478 e. The summed E-state index contributed by atoms with van der Waals surface area (Å²) in [5.74, 6) is 0.687. The molecule has 0 saturated carbocycles. The largest absolute Gasteiger partial charge is 0.478 e. The second-order valence-corrected chi connectivity index (χ2v) is 9.10. The van der Waals surface area contributed by atoms with Gasteiger partial charge >= 0.3 is 5.97 Å². The molecule has 2 aromatic carbocycles. The highest BCUT2D eigenvalue weighted by molar-refractivity contribution is 5.92. The van der Waals surface area contributed by atoms with Crippen molar-refractivity contribution in [3.63, 3.8) is 0 Å². The molecular formula is C30H25N3O3. The molecule has 1 atom stereocenters. The van der Waals surface area contributed by atoms with E-state index in [1.54, 1.807) is 24.4 Å². The van der Waals surface area contributed by atoms with E-state index in [0.29, 0.717) is 11.8 Å². The number of nitrogens with zero attached hydrogens (tertiary/aromatic N) is 3. The zero-order valence-corrected chi connectivity index (χ0v) is 19.7. The van der Waals surface area contributed by atoms with Crippen LogP contribution >= 0.6 is 0 Å². The molecule has 1 aliphatic carbocycles. The van der Waals surface area contributed by atoms with Gasteiger partial charge in [-0.3, -0.25) is 4.98 Å². The van der Waals surface area contributed by atoms with Gasteiger partial charge in [0, 0.05) is 24.7 Å². The molecule has 2 aromatic heterocycles. The molecule has 1 fully saturated rings. The molecule has 36 heavy (non-hydrogen) atoms. The van der Waals surface area contributed by atoms with Crippen LogP contribution in [0.25, 0.3) is 17.2 Å². The number of rotatable bonds is 6. The monoisotopic (exact) mass is 475 g/mol. The number of hydrogen-bond donors (Lipinski definition) is 1. The average molecular weight is 476 g/mol. The number of carboxylic acids is 1. The highest BCUT2D eigenvalue weighted by Gasteiger charge is 2.27. The molecule has 0 bridgehead atoms. The number of ether oxygens (including phenoxy) is 1. The van der Waals surface area contributed by atoms with Gasteiger partial charge in [-0.1, -0.05) is 48.6 Å². The topological polar surface area (TPSA) is 75.5 Å². The molecule has 0 spiro atoms. The predicted octanol–water partition coefficient (Wildman–Crippen LogP) is 6.54. The van der Waals surface area contributed by atoms with Crippen molar-refractivity contribution in [1.29, 1.82) is 0 Å². The third kappa shape index (κ3) is 4.22. The molecule has 1 saturated heterocycles. The smallest absolute Gasteiger partial charge is 0.339 e. The molecule has 3 heterocycles. The van der Waals surface area contributed by atoms with Gasteiger partial charge in [-0.05, 0) is 59.9 Å². The van der Waals surface area contributed by atoms with E-state index in [1.165, 1.54) is 5.56 Å². The van der Waals surface area contributed by atoms with Crippen LogP contribution in [-0.4, -0.2) is 27.6 Å². The maximum absolute atomic E-state index is 11.9. The molecule has 2 aliphatic rings. The van der Waals surface area contributed by atoms with E-state index in [0.717, 1.165) is 54.0 Å². The summed E-state index contributed by atoms with van der Waals surface area (Å²) in [4.78, 5) is 23.4. The Morgan fingerprint density at radius 3 is 2.64 bits per heavy atom. The summed E-state index contributed by atoms with van der Waals surface area (Å²) in [6.07, 6.45) is 10.6. The Bertz CT molecular complexity index is 1450. The zero-order valence-electron chi connectivity index (χ0n) is 19.7. The lowest BCUT2D eigenvalue weighted by Crippen LogP contribution is -2.23. The van der Waals surface area contributed by atoms with Crippen LogP contribution in [0.15, 0.2) is 85.2 Å². The van der Waals surface area contributed by atoms with E-state index in [1.807, 2.05) is 42.6 Å². The number of anilines is 1. The Hall–Kier alpha value is -4.45. The number of aromatic nitrogens is 2. The van der Waals surface area contributed by atoms with Crippen molar-refractivity contribution in [2.24, 2.45) is 0 Å². The van der Waals surface area contributed by atoms with Crippen LogP contribution in [0.3, 0.4) is 0 Å². The summed E-state index contributed by atoms with van der Waals surface area (Å²) in [5, 5.41) is 9.71. The number of pyridine rings is 2. The molecule has 1 aliphatic heterocycles. The van der Waals surface area contributed by atoms with Gasteiger partial charge in [0.2, 0.25) is 0 Å². The lowest BCUT2D eigenvalue weighted by Gasteiger charge is -2.26. The highest BCUT2D eigenvalue weighted by Crippen LogP contribution is 2.36. The molecular weight excluding hydrogens is 450 g/mol. The Kier molecular flexibility index (Phi) is 5.70. The van der Waals surface area contributed by atoms with Gasteiger partial charge in [-0.15, -0.1) is 0 Å². The average Bonchev–Trinajstić information content (AvgIpc) is 3.59.